The van der Waals surface area contributed by atoms with E-state index >= 15 is 0 Å². The lowest BCUT2D eigenvalue weighted by Gasteiger charge is -2.32. The fraction of sp³-hybridized carbons (Fsp3) is 0.556. The van der Waals surface area contributed by atoms with Crippen molar-refractivity contribution in [2.75, 3.05) is 51.2 Å². The predicted octanol–water partition coefficient (Wildman–Crippen LogP) is 1.98. The second-order valence-corrected chi connectivity index (χ2v) is 6.84. The predicted molar refractivity (Wildman–Crippen MR) is 93.8 cm³/mol. The Balaban J connectivity index is 1.52. The quantitative estimate of drug-likeness (QED) is 0.866. The molecular formula is C18H25N5. The summed E-state index contributed by atoms with van der Waals surface area (Å²) in [7, 11) is 2.17. The zero-order valence-electron chi connectivity index (χ0n) is 13.9. The number of hydrogen-bond acceptors (Lipinski definition) is 5. The lowest BCUT2D eigenvalue weighted by atomic mass is 10.1. The van der Waals surface area contributed by atoms with Crippen molar-refractivity contribution in [3.05, 3.63) is 30.0 Å². The van der Waals surface area contributed by atoms with Crippen LogP contribution >= 0.6 is 0 Å². The van der Waals surface area contributed by atoms with Crippen LogP contribution in [0, 0.1) is 0 Å². The van der Waals surface area contributed by atoms with E-state index in [0.29, 0.717) is 0 Å². The minimum atomic E-state index is 0.873. The van der Waals surface area contributed by atoms with Crippen molar-refractivity contribution in [2.24, 2.45) is 0 Å². The SMILES string of the molecule is CN1CCN(c2ncc3cc(CN4CCCC4)ccc3n2)CC1. The molecule has 4 rings (SSSR count). The van der Waals surface area contributed by atoms with Crippen molar-refractivity contribution in [1.29, 1.82) is 0 Å². The average molecular weight is 311 g/mol. The fourth-order valence-electron chi connectivity index (χ4n) is 3.53. The van der Waals surface area contributed by atoms with Crippen LogP contribution < -0.4 is 4.90 Å². The van der Waals surface area contributed by atoms with E-state index in [1.54, 1.807) is 0 Å². The third kappa shape index (κ3) is 3.31. The molecule has 2 aliphatic rings. The van der Waals surface area contributed by atoms with E-state index in [4.69, 9.17) is 4.98 Å². The van der Waals surface area contributed by atoms with Gasteiger partial charge in [0.15, 0.2) is 0 Å². The van der Waals surface area contributed by atoms with Crippen LogP contribution in [0.4, 0.5) is 5.95 Å². The minimum absolute atomic E-state index is 0.873. The highest BCUT2D eigenvalue weighted by molar-refractivity contribution is 5.79. The maximum atomic E-state index is 4.78. The maximum absolute atomic E-state index is 4.78. The first-order valence-corrected chi connectivity index (χ1v) is 8.69. The molecule has 0 N–H and O–H groups in total. The van der Waals surface area contributed by atoms with Crippen molar-refractivity contribution < 1.29 is 0 Å². The highest BCUT2D eigenvalue weighted by Crippen LogP contribution is 2.20. The Hall–Kier alpha value is -1.72. The summed E-state index contributed by atoms with van der Waals surface area (Å²) < 4.78 is 0. The second-order valence-electron chi connectivity index (χ2n) is 6.84. The topological polar surface area (TPSA) is 35.5 Å². The number of fused-ring (bicyclic) bond motifs is 1. The number of piperazine rings is 1. The van der Waals surface area contributed by atoms with E-state index in [-0.39, 0.29) is 0 Å². The monoisotopic (exact) mass is 311 g/mol. The highest BCUT2D eigenvalue weighted by Gasteiger charge is 2.17. The molecule has 2 aromatic rings. The van der Waals surface area contributed by atoms with Gasteiger partial charge in [-0.3, -0.25) is 4.90 Å². The van der Waals surface area contributed by atoms with Crippen LogP contribution in [0.15, 0.2) is 24.4 Å². The Morgan fingerprint density at radius 3 is 2.57 bits per heavy atom. The van der Waals surface area contributed by atoms with Gasteiger partial charge < -0.3 is 9.80 Å². The van der Waals surface area contributed by atoms with Crippen molar-refractivity contribution in [3.8, 4) is 0 Å². The summed E-state index contributed by atoms with van der Waals surface area (Å²) in [5, 5.41) is 1.15. The molecule has 0 saturated carbocycles. The van der Waals surface area contributed by atoms with E-state index in [2.05, 4.69) is 44.9 Å². The molecule has 1 aromatic heterocycles. The third-order valence-corrected chi connectivity index (χ3v) is 5.02. The first-order valence-electron chi connectivity index (χ1n) is 8.69. The first-order chi connectivity index (χ1) is 11.3. The normalized spacial score (nSPS) is 20.5. The molecule has 23 heavy (non-hydrogen) atoms. The Kier molecular flexibility index (Phi) is 4.14. The van der Waals surface area contributed by atoms with Gasteiger partial charge in [-0.1, -0.05) is 6.07 Å². The number of likely N-dealkylation sites (N-methyl/N-ethyl adjacent to an activating group) is 1. The fourth-order valence-corrected chi connectivity index (χ4v) is 3.53. The Labute approximate surface area is 137 Å². The van der Waals surface area contributed by atoms with Crippen molar-refractivity contribution in [3.63, 3.8) is 0 Å². The van der Waals surface area contributed by atoms with E-state index < -0.39 is 0 Å². The molecule has 1 aromatic carbocycles. The Bertz CT molecular complexity index is 672. The molecule has 122 valence electrons. The molecule has 2 aliphatic heterocycles. The van der Waals surface area contributed by atoms with Gasteiger partial charge in [0.25, 0.3) is 0 Å². The van der Waals surface area contributed by atoms with Gasteiger partial charge >= 0.3 is 0 Å². The third-order valence-electron chi connectivity index (χ3n) is 5.02. The Morgan fingerprint density at radius 2 is 1.78 bits per heavy atom. The molecule has 0 aliphatic carbocycles. The largest absolute Gasteiger partial charge is 0.338 e. The van der Waals surface area contributed by atoms with Gasteiger partial charge in [0.05, 0.1) is 5.52 Å². The summed E-state index contributed by atoms with van der Waals surface area (Å²) in [6.45, 7) is 7.69. The van der Waals surface area contributed by atoms with Gasteiger partial charge in [-0.25, -0.2) is 9.97 Å². The number of rotatable bonds is 3. The zero-order valence-corrected chi connectivity index (χ0v) is 13.9. The number of benzene rings is 1. The standard InChI is InChI=1S/C18H25N5/c1-21-8-10-23(11-9-21)18-19-13-16-12-15(4-5-17(16)20-18)14-22-6-2-3-7-22/h4-5,12-13H,2-3,6-11,14H2,1H3. The molecule has 0 spiro atoms. The van der Waals surface area contributed by atoms with Crippen LogP contribution in [0.25, 0.3) is 10.9 Å². The summed E-state index contributed by atoms with van der Waals surface area (Å²) in [6.07, 6.45) is 4.67. The van der Waals surface area contributed by atoms with Gasteiger partial charge in [-0.05, 0) is 50.7 Å². The molecule has 0 atom stereocenters. The molecule has 0 radical (unpaired) electrons. The van der Waals surface area contributed by atoms with Gasteiger partial charge in [0.1, 0.15) is 0 Å². The first kappa shape index (κ1) is 14.8. The number of nitrogens with zero attached hydrogens (tertiary/aromatic N) is 5. The van der Waals surface area contributed by atoms with Crippen LogP contribution in [-0.4, -0.2) is 66.1 Å². The lowest BCUT2D eigenvalue weighted by Crippen LogP contribution is -2.45. The average Bonchev–Trinajstić information content (AvgIpc) is 3.08. The van der Waals surface area contributed by atoms with E-state index in [1.165, 1.54) is 31.5 Å². The summed E-state index contributed by atoms with van der Waals surface area (Å²) in [5.74, 6) is 0.873. The molecule has 0 amide bonds. The second kappa shape index (κ2) is 6.42. The van der Waals surface area contributed by atoms with Crippen molar-refractivity contribution in [1.82, 2.24) is 19.8 Å². The van der Waals surface area contributed by atoms with Crippen LogP contribution in [0.1, 0.15) is 18.4 Å². The molecule has 0 bridgehead atoms. The molecule has 2 saturated heterocycles. The number of aromatic nitrogens is 2. The molecule has 0 unspecified atom stereocenters. The maximum Gasteiger partial charge on any atom is 0.225 e. The summed E-state index contributed by atoms with van der Waals surface area (Å²) in [6, 6.07) is 6.63. The van der Waals surface area contributed by atoms with Crippen LogP contribution in [0.5, 0.6) is 0 Å². The number of hydrogen-bond donors (Lipinski definition) is 0. The van der Waals surface area contributed by atoms with Gasteiger partial charge in [0, 0.05) is 44.3 Å². The summed E-state index contributed by atoms with van der Waals surface area (Å²) >= 11 is 0. The molecule has 2 fully saturated rings. The van der Waals surface area contributed by atoms with Crippen LogP contribution in [0.2, 0.25) is 0 Å². The number of anilines is 1. The van der Waals surface area contributed by atoms with Crippen LogP contribution in [-0.2, 0) is 6.54 Å². The van der Waals surface area contributed by atoms with E-state index in [0.717, 1.165) is 49.6 Å². The van der Waals surface area contributed by atoms with E-state index in [1.807, 2.05) is 6.20 Å². The highest BCUT2D eigenvalue weighted by atomic mass is 15.3. The molecule has 5 heteroatoms. The van der Waals surface area contributed by atoms with E-state index in [9.17, 15) is 0 Å². The molecule has 3 heterocycles. The van der Waals surface area contributed by atoms with Crippen molar-refractivity contribution >= 4 is 16.9 Å². The van der Waals surface area contributed by atoms with Crippen LogP contribution in [0.3, 0.4) is 0 Å². The molecular weight excluding hydrogens is 286 g/mol. The number of likely N-dealkylation sites (tertiary alicyclic amines) is 1. The van der Waals surface area contributed by atoms with Gasteiger partial charge in [-0.15, -0.1) is 0 Å². The van der Waals surface area contributed by atoms with Crippen molar-refractivity contribution in [2.45, 2.75) is 19.4 Å². The Morgan fingerprint density at radius 1 is 1.00 bits per heavy atom. The zero-order chi connectivity index (χ0) is 15.6. The smallest absolute Gasteiger partial charge is 0.225 e. The lowest BCUT2D eigenvalue weighted by molar-refractivity contribution is 0.311. The minimum Gasteiger partial charge on any atom is -0.338 e. The molecule has 5 nitrogen and oxygen atoms in total. The van der Waals surface area contributed by atoms with Gasteiger partial charge in [-0.2, -0.15) is 0 Å². The van der Waals surface area contributed by atoms with Gasteiger partial charge in [0.2, 0.25) is 5.95 Å². The summed E-state index contributed by atoms with van der Waals surface area (Å²) in [4.78, 5) is 16.6. The summed E-state index contributed by atoms with van der Waals surface area (Å²) in [5.41, 5.74) is 2.43.